The Morgan fingerprint density at radius 1 is 0.842 bits per heavy atom. The van der Waals surface area contributed by atoms with Gasteiger partial charge in [-0.05, 0) is 35.7 Å². The zero-order chi connectivity index (χ0) is 27.9. The second-order valence-electron chi connectivity index (χ2n) is 10.3. The molecule has 0 unspecified atom stereocenters. The van der Waals surface area contributed by atoms with Gasteiger partial charge in [0.05, 0.1) is 0 Å². The maximum atomic E-state index is 14.0. The van der Waals surface area contributed by atoms with E-state index < -0.39 is 17.6 Å². The summed E-state index contributed by atoms with van der Waals surface area (Å²) >= 11 is 0. The molecule has 3 amide bonds. The molecule has 3 N–H and O–H groups in total. The van der Waals surface area contributed by atoms with E-state index in [4.69, 9.17) is 5.73 Å². The van der Waals surface area contributed by atoms with Crippen molar-refractivity contribution in [2.45, 2.75) is 44.3 Å². The monoisotopic (exact) mass is 514 g/mol. The van der Waals surface area contributed by atoms with Crippen LogP contribution in [0, 0.1) is 0 Å². The van der Waals surface area contributed by atoms with Gasteiger partial charge in [0, 0.05) is 45.6 Å². The third kappa shape index (κ3) is 7.52. The number of amides is 3. The minimum absolute atomic E-state index is 0.270. The number of nitrogens with two attached hydrogens (primary N) is 1. The average molecular weight is 515 g/mol. The van der Waals surface area contributed by atoms with Gasteiger partial charge in [-0.2, -0.15) is 0 Å². The number of carbonyl (C=O) groups is 3. The molecule has 0 aromatic heterocycles. The minimum Gasteiger partial charge on any atom is -0.357 e. The van der Waals surface area contributed by atoms with Crippen LogP contribution >= 0.6 is 0 Å². The number of hydrogen-bond acceptors (Lipinski definition) is 4. The van der Waals surface area contributed by atoms with Crippen LogP contribution in [-0.2, 0) is 27.2 Å². The summed E-state index contributed by atoms with van der Waals surface area (Å²) in [4.78, 5) is 42.9. The van der Waals surface area contributed by atoms with E-state index >= 15 is 0 Å². The molecule has 0 aliphatic carbocycles. The normalized spacial score (nSPS) is 13.2. The summed E-state index contributed by atoms with van der Waals surface area (Å²) in [5, 5.41) is 4.83. The van der Waals surface area contributed by atoms with Crippen molar-refractivity contribution in [1.29, 1.82) is 0 Å². The zero-order valence-corrected chi connectivity index (χ0v) is 22.8. The predicted octanol–water partition coefficient (Wildman–Crippen LogP) is 3.32. The van der Waals surface area contributed by atoms with Crippen LogP contribution in [-0.4, -0.2) is 66.3 Å². The van der Waals surface area contributed by atoms with Crippen LogP contribution in [0.4, 0.5) is 0 Å². The lowest BCUT2D eigenvalue weighted by Gasteiger charge is -2.34. The summed E-state index contributed by atoms with van der Waals surface area (Å²) < 4.78 is 0. The molecular formula is C31H38N4O3. The highest BCUT2D eigenvalue weighted by Gasteiger charge is 2.34. The summed E-state index contributed by atoms with van der Waals surface area (Å²) in [6.45, 7) is 3.58. The molecule has 0 bridgehead atoms. The van der Waals surface area contributed by atoms with Gasteiger partial charge < -0.3 is 20.9 Å². The van der Waals surface area contributed by atoms with E-state index in [-0.39, 0.29) is 17.7 Å². The number of carbonyl (C=O) groups excluding carboxylic acids is 3. The van der Waals surface area contributed by atoms with Crippen LogP contribution in [0.15, 0.2) is 84.9 Å². The number of fused-ring (bicyclic) bond motifs is 1. The molecule has 7 heteroatoms. The van der Waals surface area contributed by atoms with Crippen LogP contribution in [0.2, 0.25) is 0 Å². The maximum Gasteiger partial charge on any atom is 0.246 e. The van der Waals surface area contributed by atoms with Gasteiger partial charge in [0.1, 0.15) is 12.1 Å². The molecule has 3 rings (SSSR count). The summed E-state index contributed by atoms with van der Waals surface area (Å²) in [6.07, 6.45) is 3.67. The molecule has 0 aliphatic heterocycles. The van der Waals surface area contributed by atoms with Crippen molar-refractivity contribution in [3.8, 4) is 0 Å². The minimum atomic E-state index is -0.831. The first-order valence-corrected chi connectivity index (χ1v) is 12.7. The van der Waals surface area contributed by atoms with Crippen molar-refractivity contribution < 1.29 is 14.4 Å². The third-order valence-electron chi connectivity index (χ3n) is 6.63. The van der Waals surface area contributed by atoms with Gasteiger partial charge in [0.25, 0.3) is 0 Å². The van der Waals surface area contributed by atoms with Crippen LogP contribution in [0.3, 0.4) is 0 Å². The van der Waals surface area contributed by atoms with Crippen molar-refractivity contribution in [3.63, 3.8) is 0 Å². The Bertz CT molecular complexity index is 1300. The standard InChI is InChI=1S/C31H38N4O3/c1-31(2,32)18-17-28(36)34(4)27(21-23-15-16-24-13-9-10-14-25(24)19-23)30(38)35(5)26(29(37)33-3)20-22-11-7-6-8-12-22/h6-19,26-27H,20-21,32H2,1-5H3,(H,33,37)/b18-17+/t26-,27-/m1/s1. The number of nitrogens with zero attached hydrogens (tertiary/aromatic N) is 2. The topological polar surface area (TPSA) is 95.7 Å². The van der Waals surface area contributed by atoms with E-state index in [1.807, 2.05) is 72.8 Å². The lowest BCUT2D eigenvalue weighted by molar-refractivity contribution is -0.146. The molecule has 0 saturated carbocycles. The molecule has 3 aromatic rings. The predicted molar refractivity (Wildman–Crippen MR) is 152 cm³/mol. The number of nitrogens with one attached hydrogen (secondary N) is 1. The van der Waals surface area contributed by atoms with Gasteiger partial charge >= 0.3 is 0 Å². The van der Waals surface area contributed by atoms with Crippen LogP contribution in [0.5, 0.6) is 0 Å². The fraction of sp³-hybridized carbons (Fsp3) is 0.323. The van der Waals surface area contributed by atoms with Crippen molar-refractivity contribution in [1.82, 2.24) is 15.1 Å². The van der Waals surface area contributed by atoms with Crippen molar-refractivity contribution in [3.05, 3.63) is 96.1 Å². The lowest BCUT2D eigenvalue weighted by atomic mass is 9.98. The molecule has 0 saturated heterocycles. The van der Waals surface area contributed by atoms with Crippen molar-refractivity contribution in [2.24, 2.45) is 5.73 Å². The van der Waals surface area contributed by atoms with E-state index in [9.17, 15) is 14.4 Å². The third-order valence-corrected chi connectivity index (χ3v) is 6.63. The van der Waals surface area contributed by atoms with Gasteiger partial charge in [-0.1, -0.05) is 78.9 Å². The van der Waals surface area contributed by atoms with Crippen LogP contribution < -0.4 is 11.1 Å². The van der Waals surface area contributed by atoms with Gasteiger partial charge in [0.15, 0.2) is 0 Å². The summed E-state index contributed by atoms with van der Waals surface area (Å²) in [6, 6.07) is 22.0. The van der Waals surface area contributed by atoms with E-state index in [2.05, 4.69) is 5.32 Å². The van der Waals surface area contributed by atoms with Gasteiger partial charge in [-0.3, -0.25) is 14.4 Å². The SMILES string of the molecule is CNC(=O)[C@@H](Cc1ccccc1)N(C)C(=O)[C@@H](Cc1ccc2ccccc2c1)N(C)C(=O)/C=C/C(C)(C)N. The Balaban J connectivity index is 1.95. The molecule has 0 radical (unpaired) electrons. The molecule has 0 aliphatic rings. The first kappa shape index (κ1) is 28.6. The molecule has 200 valence electrons. The average Bonchev–Trinajstić information content (AvgIpc) is 2.91. The largest absolute Gasteiger partial charge is 0.357 e. The van der Waals surface area contributed by atoms with Crippen molar-refractivity contribution >= 4 is 28.5 Å². The number of likely N-dealkylation sites (N-methyl/N-ethyl adjacent to an activating group) is 3. The molecule has 0 heterocycles. The second-order valence-corrected chi connectivity index (χ2v) is 10.3. The lowest BCUT2D eigenvalue weighted by Crippen LogP contribution is -2.55. The van der Waals surface area contributed by atoms with Gasteiger partial charge in [0.2, 0.25) is 17.7 Å². The van der Waals surface area contributed by atoms with Crippen LogP contribution in [0.25, 0.3) is 10.8 Å². The Hall–Kier alpha value is -3.97. The smallest absolute Gasteiger partial charge is 0.246 e. The number of rotatable bonds is 10. The Morgan fingerprint density at radius 3 is 2.08 bits per heavy atom. The zero-order valence-electron chi connectivity index (χ0n) is 22.8. The van der Waals surface area contributed by atoms with E-state index in [0.717, 1.165) is 21.9 Å². The first-order chi connectivity index (χ1) is 18.0. The summed E-state index contributed by atoms with van der Waals surface area (Å²) in [5.41, 5.74) is 7.20. The number of hydrogen-bond donors (Lipinski definition) is 2. The highest BCUT2D eigenvalue weighted by atomic mass is 16.2. The quantitative estimate of drug-likeness (QED) is 0.406. The second kappa shape index (κ2) is 12.5. The van der Waals surface area contributed by atoms with E-state index in [0.29, 0.717) is 12.8 Å². The van der Waals surface area contributed by atoms with Crippen LogP contribution in [0.1, 0.15) is 25.0 Å². The number of benzene rings is 3. The molecular weight excluding hydrogens is 476 g/mol. The summed E-state index contributed by atoms with van der Waals surface area (Å²) in [5.74, 6) is -0.928. The highest BCUT2D eigenvalue weighted by Crippen LogP contribution is 2.20. The molecule has 3 aromatic carbocycles. The van der Waals surface area contributed by atoms with Crippen molar-refractivity contribution in [2.75, 3.05) is 21.1 Å². The highest BCUT2D eigenvalue weighted by molar-refractivity contribution is 5.95. The molecule has 0 spiro atoms. The fourth-order valence-electron chi connectivity index (χ4n) is 4.33. The first-order valence-electron chi connectivity index (χ1n) is 12.7. The maximum absolute atomic E-state index is 14.0. The molecule has 2 atom stereocenters. The molecule has 0 fully saturated rings. The van der Waals surface area contributed by atoms with Gasteiger partial charge in [-0.15, -0.1) is 0 Å². The van der Waals surface area contributed by atoms with E-state index in [1.165, 1.54) is 15.9 Å². The fourth-order valence-corrected chi connectivity index (χ4v) is 4.33. The Labute approximate surface area is 225 Å². The Kier molecular flexibility index (Phi) is 9.42. The Morgan fingerprint density at radius 2 is 1.45 bits per heavy atom. The molecule has 7 nitrogen and oxygen atoms in total. The van der Waals surface area contributed by atoms with Gasteiger partial charge in [-0.25, -0.2) is 0 Å². The summed E-state index contributed by atoms with van der Waals surface area (Å²) in [7, 11) is 4.79. The molecule has 38 heavy (non-hydrogen) atoms. The van der Waals surface area contributed by atoms with E-state index in [1.54, 1.807) is 41.1 Å².